The molecular weight excluding hydrogens is 267 g/mol. The Morgan fingerprint density at radius 3 is 2.85 bits per heavy atom. The summed E-state index contributed by atoms with van der Waals surface area (Å²) >= 11 is 0. The summed E-state index contributed by atoms with van der Waals surface area (Å²) in [4.78, 5) is 22.3. The molecule has 0 saturated carbocycles. The predicted molar refractivity (Wildman–Crippen MR) is 69.0 cm³/mol. The lowest BCUT2D eigenvalue weighted by molar-refractivity contribution is -0.149. The van der Waals surface area contributed by atoms with E-state index in [1.165, 1.54) is 18.2 Å². The van der Waals surface area contributed by atoms with E-state index in [2.05, 4.69) is 10.6 Å². The first-order valence-corrected chi connectivity index (χ1v) is 6.23. The van der Waals surface area contributed by atoms with E-state index in [0.29, 0.717) is 18.5 Å². The van der Waals surface area contributed by atoms with Crippen LogP contribution in [-0.2, 0) is 9.53 Å². The van der Waals surface area contributed by atoms with E-state index in [4.69, 9.17) is 9.84 Å². The number of aliphatic carboxylic acids is 1. The summed E-state index contributed by atoms with van der Waals surface area (Å²) in [7, 11) is 0. The first-order valence-electron chi connectivity index (χ1n) is 6.23. The summed E-state index contributed by atoms with van der Waals surface area (Å²) in [5, 5.41) is 13.8. The Labute approximate surface area is 114 Å². The molecule has 2 rings (SSSR count). The van der Waals surface area contributed by atoms with Crippen molar-refractivity contribution >= 4 is 17.7 Å². The minimum absolute atomic E-state index is 0.213. The quantitative estimate of drug-likeness (QED) is 0.782. The van der Waals surface area contributed by atoms with Crippen molar-refractivity contribution in [2.75, 3.05) is 11.9 Å². The van der Waals surface area contributed by atoms with Crippen molar-refractivity contribution in [1.29, 1.82) is 0 Å². The summed E-state index contributed by atoms with van der Waals surface area (Å²) in [6, 6.07) is 5.05. The highest BCUT2D eigenvalue weighted by Gasteiger charge is 2.30. The van der Waals surface area contributed by atoms with Crippen LogP contribution in [0.15, 0.2) is 24.3 Å². The number of halogens is 1. The molecule has 0 aromatic heterocycles. The van der Waals surface area contributed by atoms with Crippen LogP contribution in [-0.4, -0.2) is 35.9 Å². The number of nitrogens with one attached hydrogen (secondary N) is 2. The highest BCUT2D eigenvalue weighted by Crippen LogP contribution is 2.19. The number of carbonyl (C=O) groups excluding carboxylic acids is 1. The van der Waals surface area contributed by atoms with Gasteiger partial charge in [-0.25, -0.2) is 14.0 Å². The van der Waals surface area contributed by atoms with E-state index in [9.17, 15) is 14.0 Å². The molecule has 1 heterocycles. The van der Waals surface area contributed by atoms with Gasteiger partial charge in [0.05, 0.1) is 6.10 Å². The monoisotopic (exact) mass is 282 g/mol. The Hall–Kier alpha value is -2.15. The Balaban J connectivity index is 1.75. The number of anilines is 1. The van der Waals surface area contributed by atoms with Gasteiger partial charge < -0.3 is 20.5 Å². The lowest BCUT2D eigenvalue weighted by Crippen LogP contribution is -2.35. The number of urea groups is 1. The number of carbonyl (C=O) groups is 2. The molecule has 0 aliphatic carbocycles. The van der Waals surface area contributed by atoms with Crippen LogP contribution in [0.2, 0.25) is 0 Å². The van der Waals surface area contributed by atoms with Crippen LogP contribution in [0.4, 0.5) is 14.9 Å². The fourth-order valence-corrected chi connectivity index (χ4v) is 1.99. The van der Waals surface area contributed by atoms with Crippen LogP contribution >= 0.6 is 0 Å². The lowest BCUT2D eigenvalue weighted by atomic mass is 10.2. The zero-order valence-electron chi connectivity index (χ0n) is 10.6. The molecule has 20 heavy (non-hydrogen) atoms. The van der Waals surface area contributed by atoms with Gasteiger partial charge >= 0.3 is 12.0 Å². The highest BCUT2D eigenvalue weighted by molar-refractivity contribution is 5.89. The molecule has 0 radical (unpaired) electrons. The molecule has 2 amide bonds. The van der Waals surface area contributed by atoms with Gasteiger partial charge in [-0.1, -0.05) is 6.07 Å². The van der Waals surface area contributed by atoms with Crippen molar-refractivity contribution in [2.24, 2.45) is 0 Å². The maximum absolute atomic E-state index is 12.9. The SMILES string of the molecule is O=C(NCC1CCC(C(=O)O)O1)Nc1cccc(F)c1. The normalized spacial score (nSPS) is 21.4. The molecule has 2 atom stereocenters. The molecule has 6 nitrogen and oxygen atoms in total. The van der Waals surface area contributed by atoms with Gasteiger partial charge in [-0.3, -0.25) is 0 Å². The molecule has 3 N–H and O–H groups in total. The van der Waals surface area contributed by atoms with Crippen LogP contribution in [0, 0.1) is 5.82 Å². The summed E-state index contributed by atoms with van der Waals surface area (Å²) in [6.07, 6.45) is -0.0906. The molecule has 2 unspecified atom stereocenters. The second kappa shape index (κ2) is 6.33. The summed E-state index contributed by atoms with van der Waals surface area (Å²) in [6.45, 7) is 0.213. The standard InChI is InChI=1S/C13H15FN2O4/c14-8-2-1-3-9(6-8)16-13(19)15-7-10-4-5-11(20-10)12(17)18/h1-3,6,10-11H,4-5,7H2,(H,17,18)(H2,15,16,19). The molecule has 0 spiro atoms. The third-order valence-electron chi connectivity index (χ3n) is 2.96. The molecule has 7 heteroatoms. The van der Waals surface area contributed by atoms with Gasteiger partial charge in [-0.2, -0.15) is 0 Å². The van der Waals surface area contributed by atoms with Crippen LogP contribution in [0.3, 0.4) is 0 Å². The van der Waals surface area contributed by atoms with Crippen LogP contribution in [0.1, 0.15) is 12.8 Å². The topological polar surface area (TPSA) is 87.7 Å². The van der Waals surface area contributed by atoms with Crippen LogP contribution in [0.5, 0.6) is 0 Å². The van der Waals surface area contributed by atoms with E-state index >= 15 is 0 Å². The lowest BCUT2D eigenvalue weighted by Gasteiger charge is -2.13. The Morgan fingerprint density at radius 2 is 2.20 bits per heavy atom. The molecule has 1 aliphatic heterocycles. The van der Waals surface area contributed by atoms with Gasteiger partial charge in [0.15, 0.2) is 6.10 Å². The van der Waals surface area contributed by atoms with Crippen LogP contribution < -0.4 is 10.6 Å². The van der Waals surface area contributed by atoms with Gasteiger partial charge in [0, 0.05) is 12.2 Å². The van der Waals surface area contributed by atoms with Crippen molar-refractivity contribution in [2.45, 2.75) is 25.0 Å². The zero-order valence-corrected chi connectivity index (χ0v) is 10.6. The largest absolute Gasteiger partial charge is 0.479 e. The van der Waals surface area contributed by atoms with E-state index in [1.807, 2.05) is 0 Å². The highest BCUT2D eigenvalue weighted by atomic mass is 19.1. The minimum atomic E-state index is -0.989. The third kappa shape index (κ3) is 3.92. The maximum Gasteiger partial charge on any atom is 0.332 e. The first-order chi connectivity index (χ1) is 9.54. The number of amides is 2. The molecule has 1 aliphatic rings. The summed E-state index contributed by atoms with van der Waals surface area (Å²) in [5.74, 6) is -1.43. The Kier molecular flexibility index (Phi) is 4.52. The first kappa shape index (κ1) is 14.3. The average molecular weight is 282 g/mol. The van der Waals surface area contributed by atoms with Gasteiger partial charge in [-0.15, -0.1) is 0 Å². The summed E-state index contributed by atoms with van der Waals surface area (Å²) < 4.78 is 18.2. The molecule has 1 fully saturated rings. The summed E-state index contributed by atoms with van der Waals surface area (Å²) in [5.41, 5.74) is 0.346. The molecular formula is C13H15FN2O4. The number of hydrogen-bond donors (Lipinski definition) is 3. The number of ether oxygens (including phenoxy) is 1. The van der Waals surface area contributed by atoms with E-state index in [1.54, 1.807) is 6.07 Å². The van der Waals surface area contributed by atoms with E-state index in [0.717, 1.165) is 0 Å². The van der Waals surface area contributed by atoms with Crippen molar-refractivity contribution in [3.63, 3.8) is 0 Å². The van der Waals surface area contributed by atoms with Crippen molar-refractivity contribution < 1.29 is 23.8 Å². The molecule has 1 aromatic rings. The third-order valence-corrected chi connectivity index (χ3v) is 2.96. The van der Waals surface area contributed by atoms with Gasteiger partial charge in [0.1, 0.15) is 5.82 Å². The molecule has 1 saturated heterocycles. The Morgan fingerprint density at radius 1 is 1.40 bits per heavy atom. The fraction of sp³-hybridized carbons (Fsp3) is 0.385. The van der Waals surface area contributed by atoms with E-state index in [-0.39, 0.29) is 12.6 Å². The second-order valence-electron chi connectivity index (χ2n) is 4.51. The maximum atomic E-state index is 12.9. The minimum Gasteiger partial charge on any atom is -0.479 e. The zero-order chi connectivity index (χ0) is 14.5. The predicted octanol–water partition coefficient (Wildman–Crippen LogP) is 1.58. The molecule has 1 aromatic carbocycles. The van der Waals surface area contributed by atoms with Crippen molar-refractivity contribution in [3.8, 4) is 0 Å². The number of carboxylic acids is 1. The van der Waals surface area contributed by atoms with Crippen LogP contribution in [0.25, 0.3) is 0 Å². The smallest absolute Gasteiger partial charge is 0.332 e. The number of benzene rings is 1. The van der Waals surface area contributed by atoms with Gasteiger partial charge in [0.25, 0.3) is 0 Å². The Bertz CT molecular complexity index is 509. The average Bonchev–Trinajstić information content (AvgIpc) is 2.85. The van der Waals surface area contributed by atoms with E-state index < -0.39 is 23.9 Å². The van der Waals surface area contributed by atoms with Crippen molar-refractivity contribution in [1.82, 2.24) is 5.32 Å². The van der Waals surface area contributed by atoms with Crippen molar-refractivity contribution in [3.05, 3.63) is 30.1 Å². The number of carboxylic acid groups (broad SMARTS) is 1. The molecule has 108 valence electrons. The number of hydrogen-bond acceptors (Lipinski definition) is 3. The fourth-order valence-electron chi connectivity index (χ4n) is 1.99. The van der Waals surface area contributed by atoms with Gasteiger partial charge in [-0.05, 0) is 31.0 Å². The molecule has 0 bridgehead atoms. The number of rotatable bonds is 4. The van der Waals surface area contributed by atoms with Gasteiger partial charge in [0.2, 0.25) is 0 Å². The second-order valence-corrected chi connectivity index (χ2v) is 4.51.